The number of hydrogen-bond acceptors (Lipinski definition) is 4. The minimum atomic E-state index is -0.746. The van der Waals surface area contributed by atoms with Crippen molar-refractivity contribution in [2.75, 3.05) is 13.2 Å². The highest BCUT2D eigenvalue weighted by Gasteiger charge is 2.37. The Morgan fingerprint density at radius 2 is 2.50 bits per heavy atom. The standard InChI is InChI=1S/C7H12N2O3/c1-2-12-7(11)4-3-9-6(10)5(4)8/h4-5H,2-3,8H2,1H3,(H,9,10). The molecule has 3 N–H and O–H groups in total. The van der Waals surface area contributed by atoms with Gasteiger partial charge in [0.25, 0.3) is 0 Å². The largest absolute Gasteiger partial charge is 0.466 e. The van der Waals surface area contributed by atoms with Gasteiger partial charge >= 0.3 is 5.97 Å². The van der Waals surface area contributed by atoms with Crippen molar-refractivity contribution in [3.05, 3.63) is 0 Å². The van der Waals surface area contributed by atoms with Crippen LogP contribution in [0.15, 0.2) is 0 Å². The Morgan fingerprint density at radius 3 is 2.92 bits per heavy atom. The van der Waals surface area contributed by atoms with E-state index in [4.69, 9.17) is 10.5 Å². The van der Waals surface area contributed by atoms with E-state index in [1.54, 1.807) is 6.92 Å². The zero-order valence-electron chi connectivity index (χ0n) is 6.87. The van der Waals surface area contributed by atoms with Gasteiger partial charge in [-0.1, -0.05) is 0 Å². The Hall–Kier alpha value is -1.10. The summed E-state index contributed by atoms with van der Waals surface area (Å²) in [7, 11) is 0. The molecule has 5 heteroatoms. The third-order valence-electron chi connectivity index (χ3n) is 1.82. The highest BCUT2D eigenvalue weighted by atomic mass is 16.5. The fraction of sp³-hybridized carbons (Fsp3) is 0.714. The maximum Gasteiger partial charge on any atom is 0.312 e. The molecular formula is C7H12N2O3. The van der Waals surface area contributed by atoms with Crippen LogP contribution in [0.3, 0.4) is 0 Å². The number of carbonyl (C=O) groups is 2. The highest BCUT2D eigenvalue weighted by Crippen LogP contribution is 2.09. The van der Waals surface area contributed by atoms with Gasteiger partial charge in [-0.15, -0.1) is 0 Å². The maximum atomic E-state index is 11.1. The number of nitrogens with two attached hydrogens (primary N) is 1. The molecule has 5 nitrogen and oxygen atoms in total. The molecule has 1 rings (SSSR count). The van der Waals surface area contributed by atoms with Crippen LogP contribution in [0.2, 0.25) is 0 Å². The molecule has 0 aromatic heterocycles. The molecule has 0 aromatic rings. The zero-order chi connectivity index (χ0) is 9.14. The fourth-order valence-electron chi connectivity index (χ4n) is 1.12. The van der Waals surface area contributed by atoms with Gasteiger partial charge in [0.2, 0.25) is 5.91 Å². The summed E-state index contributed by atoms with van der Waals surface area (Å²) in [5, 5.41) is 2.49. The minimum Gasteiger partial charge on any atom is -0.466 e. The van der Waals surface area contributed by atoms with Crippen molar-refractivity contribution in [1.29, 1.82) is 0 Å². The molecule has 0 aromatic carbocycles. The first-order valence-electron chi connectivity index (χ1n) is 3.86. The molecule has 1 aliphatic rings. The van der Waals surface area contributed by atoms with E-state index >= 15 is 0 Å². The molecule has 1 aliphatic heterocycles. The summed E-state index contributed by atoms with van der Waals surface area (Å²) in [6.45, 7) is 2.32. The Kier molecular flexibility index (Phi) is 2.65. The first kappa shape index (κ1) is 8.99. The number of ether oxygens (including phenoxy) is 1. The average molecular weight is 172 g/mol. The summed E-state index contributed by atoms with van der Waals surface area (Å²) in [5.74, 6) is -1.20. The van der Waals surface area contributed by atoms with Gasteiger partial charge in [-0.3, -0.25) is 9.59 Å². The van der Waals surface area contributed by atoms with Crippen molar-refractivity contribution in [3.63, 3.8) is 0 Å². The van der Waals surface area contributed by atoms with Crippen molar-refractivity contribution < 1.29 is 14.3 Å². The van der Waals surface area contributed by atoms with Crippen molar-refractivity contribution in [3.8, 4) is 0 Å². The number of hydrogen-bond donors (Lipinski definition) is 2. The fourth-order valence-corrected chi connectivity index (χ4v) is 1.12. The monoisotopic (exact) mass is 172 g/mol. The van der Waals surface area contributed by atoms with Gasteiger partial charge in [-0.05, 0) is 6.92 Å². The number of amides is 1. The predicted octanol–water partition coefficient (Wildman–Crippen LogP) is -1.38. The molecular weight excluding hydrogens is 160 g/mol. The van der Waals surface area contributed by atoms with Crippen LogP contribution in [-0.4, -0.2) is 31.1 Å². The summed E-state index contributed by atoms with van der Waals surface area (Å²) >= 11 is 0. The first-order chi connectivity index (χ1) is 5.66. The molecule has 12 heavy (non-hydrogen) atoms. The van der Waals surface area contributed by atoms with E-state index in [0.29, 0.717) is 13.2 Å². The Balaban J connectivity index is 2.53. The molecule has 68 valence electrons. The van der Waals surface area contributed by atoms with E-state index in [0.717, 1.165) is 0 Å². The molecule has 0 bridgehead atoms. The van der Waals surface area contributed by atoms with Crippen molar-refractivity contribution in [2.45, 2.75) is 13.0 Å². The lowest BCUT2D eigenvalue weighted by atomic mass is 10.1. The van der Waals surface area contributed by atoms with Gasteiger partial charge in [0.1, 0.15) is 0 Å². The van der Waals surface area contributed by atoms with Crippen LogP contribution in [-0.2, 0) is 14.3 Å². The van der Waals surface area contributed by atoms with E-state index in [-0.39, 0.29) is 5.91 Å². The second-order valence-corrected chi connectivity index (χ2v) is 2.63. The van der Waals surface area contributed by atoms with Gasteiger partial charge in [-0.2, -0.15) is 0 Å². The average Bonchev–Trinajstić information content (AvgIpc) is 2.34. The Bertz CT molecular complexity index is 205. The summed E-state index contributed by atoms with van der Waals surface area (Å²) < 4.78 is 4.73. The van der Waals surface area contributed by atoms with Crippen LogP contribution >= 0.6 is 0 Å². The second-order valence-electron chi connectivity index (χ2n) is 2.63. The van der Waals surface area contributed by atoms with Crippen LogP contribution < -0.4 is 11.1 Å². The van der Waals surface area contributed by atoms with Gasteiger partial charge in [0, 0.05) is 6.54 Å². The second kappa shape index (κ2) is 3.53. The van der Waals surface area contributed by atoms with Gasteiger partial charge in [-0.25, -0.2) is 0 Å². The molecule has 0 saturated carbocycles. The van der Waals surface area contributed by atoms with E-state index in [9.17, 15) is 9.59 Å². The molecule has 1 amide bonds. The summed E-state index contributed by atoms with van der Waals surface area (Å²) in [5.41, 5.74) is 5.44. The molecule has 1 fully saturated rings. The first-order valence-corrected chi connectivity index (χ1v) is 3.86. The van der Waals surface area contributed by atoms with E-state index in [2.05, 4.69) is 5.32 Å². The Labute approximate surface area is 70.2 Å². The maximum absolute atomic E-state index is 11.1. The van der Waals surface area contributed by atoms with Crippen LogP contribution in [0.1, 0.15) is 6.92 Å². The number of rotatable bonds is 2. The number of carbonyl (C=O) groups excluding carboxylic acids is 2. The number of esters is 1. The summed E-state index contributed by atoms with van der Waals surface area (Å²) in [4.78, 5) is 22.0. The molecule has 0 radical (unpaired) electrons. The van der Waals surface area contributed by atoms with Crippen LogP contribution in [0.4, 0.5) is 0 Å². The van der Waals surface area contributed by atoms with Gasteiger partial charge in [0.05, 0.1) is 18.6 Å². The van der Waals surface area contributed by atoms with Gasteiger partial charge in [0.15, 0.2) is 0 Å². The quantitative estimate of drug-likeness (QED) is 0.503. The third-order valence-corrected chi connectivity index (χ3v) is 1.82. The van der Waals surface area contributed by atoms with Crippen molar-refractivity contribution in [1.82, 2.24) is 5.32 Å². The smallest absolute Gasteiger partial charge is 0.312 e. The van der Waals surface area contributed by atoms with Crippen molar-refractivity contribution >= 4 is 11.9 Å². The number of nitrogens with one attached hydrogen (secondary N) is 1. The lowest BCUT2D eigenvalue weighted by molar-refractivity contribution is -0.148. The molecule has 0 spiro atoms. The topological polar surface area (TPSA) is 81.4 Å². The molecule has 1 heterocycles. The zero-order valence-corrected chi connectivity index (χ0v) is 6.87. The Morgan fingerprint density at radius 1 is 1.83 bits per heavy atom. The van der Waals surface area contributed by atoms with Crippen LogP contribution in [0, 0.1) is 5.92 Å². The highest BCUT2D eigenvalue weighted by molar-refractivity contribution is 5.91. The van der Waals surface area contributed by atoms with Crippen LogP contribution in [0.5, 0.6) is 0 Å². The van der Waals surface area contributed by atoms with Crippen LogP contribution in [0.25, 0.3) is 0 Å². The molecule has 1 saturated heterocycles. The minimum absolute atomic E-state index is 0.284. The van der Waals surface area contributed by atoms with Gasteiger partial charge < -0.3 is 15.8 Å². The molecule has 2 unspecified atom stereocenters. The molecule has 2 atom stereocenters. The normalized spacial score (nSPS) is 28.3. The van der Waals surface area contributed by atoms with E-state index in [1.165, 1.54) is 0 Å². The SMILES string of the molecule is CCOC(=O)C1CNC(=O)C1N. The van der Waals surface area contributed by atoms with E-state index < -0.39 is 17.9 Å². The lowest BCUT2D eigenvalue weighted by Gasteiger charge is -2.09. The van der Waals surface area contributed by atoms with Crippen molar-refractivity contribution in [2.24, 2.45) is 11.7 Å². The third kappa shape index (κ3) is 1.55. The summed E-state index contributed by atoms with van der Waals surface area (Å²) in [6, 6.07) is -0.746. The summed E-state index contributed by atoms with van der Waals surface area (Å²) in [6.07, 6.45) is 0. The molecule has 0 aliphatic carbocycles. The lowest BCUT2D eigenvalue weighted by Crippen LogP contribution is -2.38. The van der Waals surface area contributed by atoms with E-state index in [1.807, 2.05) is 0 Å². The predicted molar refractivity (Wildman–Crippen MR) is 41.1 cm³/mol.